The number of halogens is 3. The number of aryl methyl sites for hydroxylation is 2. The Bertz CT molecular complexity index is 983. The Morgan fingerprint density at radius 2 is 1.86 bits per heavy atom. The third-order valence-corrected chi connectivity index (χ3v) is 4.62. The number of thioether (sulfide) groups is 1. The molecule has 0 saturated heterocycles. The zero-order valence-corrected chi connectivity index (χ0v) is 15.8. The summed E-state index contributed by atoms with van der Waals surface area (Å²) >= 11 is 1.09. The Hall–Kier alpha value is -2.88. The molecular formula is C18H16F3N5OS. The van der Waals surface area contributed by atoms with Crippen molar-refractivity contribution in [2.45, 2.75) is 25.2 Å². The molecule has 0 aliphatic carbocycles. The average molecular weight is 407 g/mol. The Morgan fingerprint density at radius 1 is 1.14 bits per heavy atom. The van der Waals surface area contributed by atoms with Crippen LogP contribution in [-0.4, -0.2) is 31.9 Å². The number of nitrogens with zero attached hydrogens (tertiary/aromatic N) is 4. The van der Waals surface area contributed by atoms with E-state index in [0.717, 1.165) is 40.7 Å². The number of benzene rings is 2. The fourth-order valence-electron chi connectivity index (χ4n) is 2.60. The number of carbonyl (C=O) groups excluding carboxylic acids is 1. The standard InChI is InChI=1S/C18H16F3N5OS/c1-11-6-12(2)8-15(7-11)26-17(23-24-25-26)28-10-16(27)22-14-5-3-4-13(9-14)18(19,20)21/h3-9H,10H2,1-2H3,(H,22,27). The van der Waals surface area contributed by atoms with E-state index < -0.39 is 17.6 Å². The number of anilines is 1. The van der Waals surface area contributed by atoms with Crippen LogP contribution in [-0.2, 0) is 11.0 Å². The van der Waals surface area contributed by atoms with Crippen molar-refractivity contribution in [3.8, 4) is 5.69 Å². The van der Waals surface area contributed by atoms with Crippen molar-refractivity contribution >= 4 is 23.4 Å². The Labute approximate surface area is 163 Å². The predicted octanol–water partition coefficient (Wildman–Crippen LogP) is 4.03. The van der Waals surface area contributed by atoms with Crippen molar-refractivity contribution < 1.29 is 18.0 Å². The number of hydrogen-bond donors (Lipinski definition) is 1. The molecule has 0 aliphatic rings. The lowest BCUT2D eigenvalue weighted by Gasteiger charge is -2.10. The van der Waals surface area contributed by atoms with E-state index in [1.807, 2.05) is 32.0 Å². The third-order valence-electron chi connectivity index (χ3n) is 3.70. The van der Waals surface area contributed by atoms with Gasteiger partial charge in [0.2, 0.25) is 11.1 Å². The molecule has 1 amide bonds. The van der Waals surface area contributed by atoms with E-state index in [2.05, 4.69) is 20.8 Å². The highest BCUT2D eigenvalue weighted by molar-refractivity contribution is 7.99. The van der Waals surface area contributed by atoms with Gasteiger partial charge in [-0.25, -0.2) is 0 Å². The van der Waals surface area contributed by atoms with Crippen molar-refractivity contribution in [3.63, 3.8) is 0 Å². The number of alkyl halides is 3. The van der Waals surface area contributed by atoms with Gasteiger partial charge in [-0.05, 0) is 65.7 Å². The maximum Gasteiger partial charge on any atom is 0.416 e. The summed E-state index contributed by atoms with van der Waals surface area (Å²) in [4.78, 5) is 12.1. The minimum atomic E-state index is -4.47. The van der Waals surface area contributed by atoms with Gasteiger partial charge in [0.05, 0.1) is 17.0 Å². The first-order valence-electron chi connectivity index (χ1n) is 8.19. The lowest BCUT2D eigenvalue weighted by molar-refractivity contribution is -0.137. The molecule has 3 rings (SSSR count). The molecule has 28 heavy (non-hydrogen) atoms. The molecule has 1 N–H and O–H groups in total. The van der Waals surface area contributed by atoms with E-state index in [0.29, 0.717) is 5.16 Å². The van der Waals surface area contributed by atoms with Crippen LogP contribution in [0.25, 0.3) is 5.69 Å². The van der Waals surface area contributed by atoms with E-state index in [4.69, 9.17) is 0 Å². The fourth-order valence-corrected chi connectivity index (χ4v) is 3.30. The summed E-state index contributed by atoms with van der Waals surface area (Å²) in [6.45, 7) is 3.91. The Balaban J connectivity index is 1.67. The highest BCUT2D eigenvalue weighted by atomic mass is 32.2. The summed E-state index contributed by atoms with van der Waals surface area (Å²) in [5.74, 6) is -0.513. The van der Waals surface area contributed by atoms with E-state index in [1.165, 1.54) is 16.8 Å². The van der Waals surface area contributed by atoms with Gasteiger partial charge >= 0.3 is 6.18 Å². The molecule has 0 saturated carbocycles. The number of amides is 1. The molecule has 1 heterocycles. The number of aromatic nitrogens is 4. The molecule has 0 bridgehead atoms. The summed E-state index contributed by atoms with van der Waals surface area (Å²) in [6, 6.07) is 10.3. The molecule has 0 spiro atoms. The van der Waals surface area contributed by atoms with Crippen molar-refractivity contribution in [1.29, 1.82) is 0 Å². The van der Waals surface area contributed by atoms with Crippen molar-refractivity contribution in [2.24, 2.45) is 0 Å². The minimum absolute atomic E-state index is 0.0542. The van der Waals surface area contributed by atoms with Crippen molar-refractivity contribution in [3.05, 3.63) is 59.2 Å². The predicted molar refractivity (Wildman–Crippen MR) is 99.4 cm³/mol. The SMILES string of the molecule is Cc1cc(C)cc(-n2nnnc2SCC(=O)Nc2cccc(C(F)(F)F)c2)c1. The van der Waals surface area contributed by atoms with Crippen LogP contribution in [0.3, 0.4) is 0 Å². The van der Waals surface area contributed by atoms with Crippen LogP contribution in [0.15, 0.2) is 47.6 Å². The quantitative estimate of drug-likeness (QED) is 0.647. The second-order valence-corrected chi connectivity index (χ2v) is 7.08. The molecule has 0 unspecified atom stereocenters. The summed E-state index contributed by atoms with van der Waals surface area (Å²) in [5.41, 5.74) is 2.11. The van der Waals surface area contributed by atoms with Crippen molar-refractivity contribution in [2.75, 3.05) is 11.1 Å². The fraction of sp³-hybridized carbons (Fsp3) is 0.222. The van der Waals surface area contributed by atoms with Gasteiger partial charge in [-0.2, -0.15) is 17.9 Å². The van der Waals surface area contributed by atoms with Crippen LogP contribution in [0.1, 0.15) is 16.7 Å². The number of hydrogen-bond acceptors (Lipinski definition) is 5. The number of carbonyl (C=O) groups is 1. The van der Waals surface area contributed by atoms with Crippen LogP contribution < -0.4 is 5.32 Å². The van der Waals surface area contributed by atoms with E-state index in [1.54, 1.807) is 0 Å². The first kappa shape index (κ1) is 19.9. The molecule has 2 aromatic carbocycles. The van der Waals surface area contributed by atoms with Crippen LogP contribution in [0, 0.1) is 13.8 Å². The Kier molecular flexibility index (Phi) is 5.68. The molecular weight excluding hydrogens is 391 g/mol. The van der Waals surface area contributed by atoms with Crippen molar-refractivity contribution in [1.82, 2.24) is 20.2 Å². The van der Waals surface area contributed by atoms with Gasteiger partial charge in [0, 0.05) is 5.69 Å². The van der Waals surface area contributed by atoms with Gasteiger partial charge in [-0.15, -0.1) is 5.10 Å². The molecule has 10 heteroatoms. The lowest BCUT2D eigenvalue weighted by Crippen LogP contribution is -2.15. The molecule has 0 atom stereocenters. The summed E-state index contributed by atoms with van der Waals surface area (Å²) in [5, 5.41) is 14.4. The van der Waals surface area contributed by atoms with E-state index >= 15 is 0 Å². The molecule has 3 aromatic rings. The van der Waals surface area contributed by atoms with Gasteiger partial charge in [0.25, 0.3) is 0 Å². The first-order chi connectivity index (χ1) is 13.2. The van der Waals surface area contributed by atoms with Crippen LogP contribution in [0.5, 0.6) is 0 Å². The van der Waals surface area contributed by atoms with E-state index in [9.17, 15) is 18.0 Å². The first-order valence-corrected chi connectivity index (χ1v) is 9.18. The number of rotatable bonds is 5. The van der Waals surface area contributed by atoms with Gasteiger partial charge in [-0.1, -0.05) is 23.9 Å². The molecule has 6 nitrogen and oxygen atoms in total. The molecule has 0 radical (unpaired) electrons. The third kappa shape index (κ3) is 4.89. The number of tetrazole rings is 1. The molecule has 0 aliphatic heterocycles. The summed E-state index contributed by atoms with van der Waals surface area (Å²) in [6.07, 6.45) is -4.47. The highest BCUT2D eigenvalue weighted by Crippen LogP contribution is 2.30. The van der Waals surface area contributed by atoms with Gasteiger partial charge in [0.1, 0.15) is 0 Å². The smallest absolute Gasteiger partial charge is 0.325 e. The van der Waals surface area contributed by atoms with Crippen LogP contribution in [0.2, 0.25) is 0 Å². The van der Waals surface area contributed by atoms with Crippen LogP contribution >= 0.6 is 11.8 Å². The van der Waals surface area contributed by atoms with Gasteiger partial charge < -0.3 is 5.32 Å². The zero-order chi connectivity index (χ0) is 20.3. The molecule has 1 aromatic heterocycles. The second kappa shape index (κ2) is 8.01. The second-order valence-electron chi connectivity index (χ2n) is 6.13. The summed E-state index contributed by atoms with van der Waals surface area (Å²) in [7, 11) is 0. The molecule has 0 fully saturated rings. The maximum atomic E-state index is 12.8. The Morgan fingerprint density at radius 3 is 2.54 bits per heavy atom. The van der Waals surface area contributed by atoms with Crippen LogP contribution in [0.4, 0.5) is 18.9 Å². The number of nitrogens with one attached hydrogen (secondary N) is 1. The highest BCUT2D eigenvalue weighted by Gasteiger charge is 2.30. The van der Waals surface area contributed by atoms with Gasteiger partial charge in [-0.3, -0.25) is 4.79 Å². The largest absolute Gasteiger partial charge is 0.416 e. The zero-order valence-electron chi connectivity index (χ0n) is 15.0. The van der Waals surface area contributed by atoms with E-state index in [-0.39, 0.29) is 11.4 Å². The van der Waals surface area contributed by atoms with Gasteiger partial charge in [0.15, 0.2) is 0 Å². The minimum Gasteiger partial charge on any atom is -0.325 e. The lowest BCUT2D eigenvalue weighted by atomic mass is 10.1. The topological polar surface area (TPSA) is 72.7 Å². The normalized spacial score (nSPS) is 11.5. The molecule has 146 valence electrons. The average Bonchev–Trinajstić information content (AvgIpc) is 3.07. The monoisotopic (exact) mass is 407 g/mol. The summed E-state index contributed by atoms with van der Waals surface area (Å²) < 4.78 is 39.8. The maximum absolute atomic E-state index is 12.8.